The van der Waals surface area contributed by atoms with E-state index in [1.807, 2.05) is 23.9 Å². The van der Waals surface area contributed by atoms with Gasteiger partial charge in [-0.05, 0) is 29.4 Å². The molecule has 0 spiro atoms. The number of ether oxygens (including phenoxy) is 1. The number of anilines is 1. The molecule has 0 unspecified atom stereocenters. The van der Waals surface area contributed by atoms with Crippen LogP contribution in [0.3, 0.4) is 0 Å². The van der Waals surface area contributed by atoms with Gasteiger partial charge in [0.15, 0.2) is 0 Å². The first-order chi connectivity index (χ1) is 10.0. The molecule has 1 aromatic carbocycles. The van der Waals surface area contributed by atoms with Gasteiger partial charge in [0, 0.05) is 25.1 Å². The second-order valence-corrected chi connectivity index (χ2v) is 6.73. The maximum absolute atomic E-state index is 11.9. The molecule has 0 fully saturated rings. The zero-order valence-corrected chi connectivity index (χ0v) is 14.2. The van der Waals surface area contributed by atoms with Gasteiger partial charge in [-0.3, -0.25) is 4.79 Å². The highest BCUT2D eigenvalue weighted by Crippen LogP contribution is 2.24. The quantitative estimate of drug-likeness (QED) is 0.689. The molecule has 0 heterocycles. The smallest absolute Gasteiger partial charge is 0.238 e. The van der Waals surface area contributed by atoms with Gasteiger partial charge in [-0.15, -0.1) is 0 Å². The van der Waals surface area contributed by atoms with Crippen LogP contribution in [0, 0.1) is 6.92 Å². The molecular formula is C16H26N2O2S. The molecule has 4 nitrogen and oxygen atoms in total. The van der Waals surface area contributed by atoms with Gasteiger partial charge in [0.25, 0.3) is 0 Å². The lowest BCUT2D eigenvalue weighted by molar-refractivity contribution is -0.115. The molecule has 0 atom stereocenters. The molecule has 0 saturated heterocycles. The van der Waals surface area contributed by atoms with Crippen molar-refractivity contribution < 1.29 is 9.53 Å². The van der Waals surface area contributed by atoms with E-state index >= 15 is 0 Å². The van der Waals surface area contributed by atoms with E-state index in [4.69, 9.17) is 4.74 Å². The van der Waals surface area contributed by atoms with E-state index in [9.17, 15) is 4.79 Å². The zero-order chi connectivity index (χ0) is 15.7. The van der Waals surface area contributed by atoms with E-state index in [0.29, 0.717) is 24.9 Å². The lowest BCUT2D eigenvalue weighted by Gasteiger charge is -2.13. The van der Waals surface area contributed by atoms with Gasteiger partial charge in [0.2, 0.25) is 5.91 Å². The Hall–Kier alpha value is -1.04. The summed E-state index contributed by atoms with van der Waals surface area (Å²) in [5.74, 6) is 0.946. The van der Waals surface area contributed by atoms with Crippen LogP contribution < -0.4 is 10.6 Å². The zero-order valence-electron chi connectivity index (χ0n) is 13.4. The van der Waals surface area contributed by atoms with Crippen molar-refractivity contribution in [2.24, 2.45) is 0 Å². The van der Waals surface area contributed by atoms with Gasteiger partial charge in [-0.1, -0.05) is 26.0 Å². The van der Waals surface area contributed by atoms with Crippen molar-refractivity contribution in [2.45, 2.75) is 31.8 Å². The van der Waals surface area contributed by atoms with Crippen LogP contribution in [0.1, 0.15) is 25.0 Å². The number of thioether (sulfide) groups is 1. The fourth-order valence-corrected chi connectivity index (χ4v) is 2.63. The van der Waals surface area contributed by atoms with Crippen molar-refractivity contribution in [1.82, 2.24) is 5.32 Å². The molecule has 21 heavy (non-hydrogen) atoms. The Bertz CT molecular complexity index is 450. The summed E-state index contributed by atoms with van der Waals surface area (Å²) >= 11 is 1.91. The second-order valence-electron chi connectivity index (χ2n) is 5.17. The van der Waals surface area contributed by atoms with Crippen LogP contribution in [-0.2, 0) is 15.3 Å². The Morgan fingerprint density at radius 1 is 1.38 bits per heavy atom. The number of carbonyl (C=O) groups is 1. The molecule has 0 aliphatic carbocycles. The fraction of sp³-hybridized carbons (Fsp3) is 0.562. The van der Waals surface area contributed by atoms with Crippen molar-refractivity contribution in [3.63, 3.8) is 0 Å². The van der Waals surface area contributed by atoms with Crippen LogP contribution in [0.15, 0.2) is 18.2 Å². The summed E-state index contributed by atoms with van der Waals surface area (Å²) in [4.78, 5) is 11.9. The second kappa shape index (κ2) is 9.82. The average molecular weight is 310 g/mol. The number of rotatable bonds is 9. The van der Waals surface area contributed by atoms with Gasteiger partial charge >= 0.3 is 0 Å². The largest absolute Gasteiger partial charge is 0.383 e. The molecule has 0 aromatic heterocycles. The molecule has 2 N–H and O–H groups in total. The minimum absolute atomic E-state index is 0.0251. The van der Waals surface area contributed by atoms with Crippen molar-refractivity contribution >= 4 is 23.4 Å². The van der Waals surface area contributed by atoms with Crippen LogP contribution in [0.5, 0.6) is 0 Å². The van der Waals surface area contributed by atoms with Crippen LogP contribution in [0.4, 0.5) is 5.69 Å². The molecule has 1 aromatic rings. The van der Waals surface area contributed by atoms with Crippen molar-refractivity contribution in [3.8, 4) is 0 Å². The average Bonchev–Trinajstić information content (AvgIpc) is 2.44. The van der Waals surface area contributed by atoms with Crippen molar-refractivity contribution in [3.05, 3.63) is 29.3 Å². The Morgan fingerprint density at radius 2 is 2.14 bits per heavy atom. The summed E-state index contributed by atoms with van der Waals surface area (Å²) < 4.78 is 4.93. The van der Waals surface area contributed by atoms with Crippen LogP contribution in [0.25, 0.3) is 0 Å². The third-order valence-electron chi connectivity index (χ3n) is 3.06. The summed E-state index contributed by atoms with van der Waals surface area (Å²) in [5, 5.41) is 6.61. The number of hydrogen-bond donors (Lipinski definition) is 2. The van der Waals surface area contributed by atoms with Crippen LogP contribution in [0.2, 0.25) is 0 Å². The highest BCUT2D eigenvalue weighted by Gasteiger charge is 2.08. The first-order valence-electron chi connectivity index (χ1n) is 7.24. The monoisotopic (exact) mass is 310 g/mol. The van der Waals surface area contributed by atoms with Crippen LogP contribution in [-0.4, -0.2) is 38.0 Å². The number of hydrogen-bond acceptors (Lipinski definition) is 4. The lowest BCUT2D eigenvalue weighted by Crippen LogP contribution is -2.30. The van der Waals surface area contributed by atoms with Gasteiger partial charge in [-0.25, -0.2) is 0 Å². The maximum atomic E-state index is 11.9. The lowest BCUT2D eigenvalue weighted by atomic mass is 10.1. The maximum Gasteiger partial charge on any atom is 0.238 e. The summed E-state index contributed by atoms with van der Waals surface area (Å²) in [6.07, 6.45) is 0. The number of methoxy groups -OCH3 is 1. The Labute approximate surface area is 132 Å². The molecule has 1 rings (SSSR count). The Kier molecular flexibility index (Phi) is 8.42. The van der Waals surface area contributed by atoms with Gasteiger partial charge in [0.05, 0.1) is 13.2 Å². The summed E-state index contributed by atoms with van der Waals surface area (Å²) in [6, 6.07) is 6.07. The molecule has 0 radical (unpaired) electrons. The van der Waals surface area contributed by atoms with Gasteiger partial charge in [-0.2, -0.15) is 11.8 Å². The number of benzene rings is 1. The van der Waals surface area contributed by atoms with Gasteiger partial charge < -0.3 is 15.4 Å². The summed E-state index contributed by atoms with van der Waals surface area (Å²) in [6.45, 7) is 8.02. The minimum Gasteiger partial charge on any atom is -0.383 e. The molecule has 0 aliphatic rings. The predicted molar refractivity (Wildman–Crippen MR) is 91.0 cm³/mol. The van der Waals surface area contributed by atoms with Gasteiger partial charge in [0.1, 0.15) is 0 Å². The minimum atomic E-state index is -0.0251. The summed E-state index contributed by atoms with van der Waals surface area (Å²) in [5.41, 5.74) is 3.32. The van der Waals surface area contributed by atoms with E-state index in [-0.39, 0.29) is 5.91 Å². The van der Waals surface area contributed by atoms with Crippen molar-refractivity contribution in [2.75, 3.05) is 32.1 Å². The molecular weight excluding hydrogens is 284 g/mol. The van der Waals surface area contributed by atoms with Crippen LogP contribution >= 0.6 is 11.8 Å². The normalized spacial score (nSPS) is 10.9. The molecule has 118 valence electrons. The highest BCUT2D eigenvalue weighted by atomic mass is 32.2. The first kappa shape index (κ1) is 18.0. The fourth-order valence-electron chi connectivity index (χ4n) is 1.80. The topological polar surface area (TPSA) is 50.4 Å². The number of nitrogens with one attached hydrogen (secondary N) is 2. The van der Waals surface area contributed by atoms with E-state index in [1.54, 1.807) is 7.11 Å². The molecule has 0 aliphatic heterocycles. The van der Waals surface area contributed by atoms with E-state index in [1.165, 1.54) is 5.56 Å². The highest BCUT2D eigenvalue weighted by molar-refractivity contribution is 7.99. The third kappa shape index (κ3) is 6.98. The first-order valence-corrected chi connectivity index (χ1v) is 8.29. The third-order valence-corrected chi connectivity index (χ3v) is 4.21. The Balaban J connectivity index is 2.54. The molecule has 0 bridgehead atoms. The predicted octanol–water partition coefficient (Wildman–Crippen LogP) is 2.81. The van der Waals surface area contributed by atoms with Crippen molar-refractivity contribution in [1.29, 1.82) is 0 Å². The number of carbonyl (C=O) groups excluding carboxylic acids is 1. The SMILES string of the molecule is COCCNCC(=O)Nc1cccc(CSC(C)C)c1C. The summed E-state index contributed by atoms with van der Waals surface area (Å²) in [7, 11) is 1.64. The molecule has 0 saturated carbocycles. The Morgan fingerprint density at radius 3 is 2.81 bits per heavy atom. The van der Waals surface area contributed by atoms with E-state index in [0.717, 1.165) is 17.0 Å². The number of amides is 1. The van der Waals surface area contributed by atoms with E-state index < -0.39 is 0 Å². The molecule has 1 amide bonds. The molecule has 5 heteroatoms. The van der Waals surface area contributed by atoms with E-state index in [2.05, 4.69) is 37.5 Å². The standard InChI is InChI=1S/C16H26N2O2S/c1-12(2)21-11-14-6-5-7-15(13(14)3)18-16(19)10-17-8-9-20-4/h5-7,12,17H,8-11H2,1-4H3,(H,18,19).